The summed E-state index contributed by atoms with van der Waals surface area (Å²) in [6, 6.07) is 47.9. The summed E-state index contributed by atoms with van der Waals surface area (Å²) in [5.74, 6) is 0. The summed E-state index contributed by atoms with van der Waals surface area (Å²) in [6.45, 7) is 0. The van der Waals surface area contributed by atoms with Crippen LogP contribution in [0.4, 0.5) is 0 Å². The van der Waals surface area contributed by atoms with Crippen LogP contribution in [0.3, 0.4) is 0 Å². The largest absolute Gasteiger partial charge is 0.456 e. The van der Waals surface area contributed by atoms with E-state index < -0.39 is 0 Å². The van der Waals surface area contributed by atoms with Crippen molar-refractivity contribution in [2.45, 2.75) is 0 Å². The van der Waals surface area contributed by atoms with Crippen LogP contribution in [0.1, 0.15) is 0 Å². The summed E-state index contributed by atoms with van der Waals surface area (Å²) in [7, 11) is 0. The summed E-state index contributed by atoms with van der Waals surface area (Å²) in [4.78, 5) is 0. The minimum Gasteiger partial charge on any atom is -0.456 e. The molecule has 10 aromatic rings. The van der Waals surface area contributed by atoms with Crippen LogP contribution < -0.4 is 0 Å². The summed E-state index contributed by atoms with van der Waals surface area (Å²) >= 11 is 0. The summed E-state index contributed by atoms with van der Waals surface area (Å²) in [5, 5.41) is 12.3. The fraction of sp³-hybridized carbons (Fsp3) is 0. The van der Waals surface area contributed by atoms with Gasteiger partial charge in [-0.1, -0.05) is 72.8 Å². The molecule has 0 N–H and O–H groups in total. The van der Waals surface area contributed by atoms with Gasteiger partial charge in [0.1, 0.15) is 22.3 Å². The third-order valence-electron chi connectivity index (χ3n) is 8.96. The van der Waals surface area contributed by atoms with E-state index >= 15 is 0 Å². The quantitative estimate of drug-likeness (QED) is 0.206. The second-order valence-corrected chi connectivity index (χ2v) is 11.3. The van der Waals surface area contributed by atoms with Gasteiger partial charge in [0.15, 0.2) is 0 Å². The standard InChI is InChI=1S/C40H22O2/c1-3-7-35-31(5-1)33-15-13-23(21-37(33)41-35)29-17-25-9-11-27-19-30(20-28-12-10-26(18-29)39(25)40(27)28)24-14-16-34-32-6-2-4-8-36(32)42-38(34)22-24/h1-22H. The Balaban J connectivity index is 1.12. The zero-order valence-corrected chi connectivity index (χ0v) is 22.5. The third-order valence-corrected chi connectivity index (χ3v) is 8.96. The molecule has 42 heavy (non-hydrogen) atoms. The first-order chi connectivity index (χ1) is 20.8. The topological polar surface area (TPSA) is 26.3 Å². The first-order valence-electron chi connectivity index (χ1n) is 14.3. The zero-order valence-electron chi connectivity index (χ0n) is 22.5. The Morgan fingerprint density at radius 1 is 0.286 bits per heavy atom. The number of furan rings is 2. The number of rotatable bonds is 2. The van der Waals surface area contributed by atoms with E-state index in [0.717, 1.165) is 55.0 Å². The van der Waals surface area contributed by atoms with Gasteiger partial charge in [0.2, 0.25) is 0 Å². The molecule has 8 aromatic carbocycles. The number of benzene rings is 8. The first-order valence-corrected chi connectivity index (χ1v) is 14.3. The molecule has 0 amide bonds. The van der Waals surface area contributed by atoms with Gasteiger partial charge < -0.3 is 8.83 Å². The molecule has 194 valence electrons. The van der Waals surface area contributed by atoms with Crippen molar-refractivity contribution in [2.24, 2.45) is 0 Å². The van der Waals surface area contributed by atoms with E-state index in [1.807, 2.05) is 24.3 Å². The van der Waals surface area contributed by atoms with Gasteiger partial charge in [-0.25, -0.2) is 0 Å². The lowest BCUT2D eigenvalue weighted by Gasteiger charge is -2.14. The van der Waals surface area contributed by atoms with Crippen molar-refractivity contribution in [3.05, 3.63) is 133 Å². The predicted molar refractivity (Wildman–Crippen MR) is 176 cm³/mol. The van der Waals surface area contributed by atoms with Gasteiger partial charge in [0.25, 0.3) is 0 Å². The minimum atomic E-state index is 0.923. The molecule has 0 bridgehead atoms. The molecule has 0 unspecified atom stereocenters. The van der Waals surface area contributed by atoms with E-state index in [2.05, 4.69) is 109 Å². The lowest BCUT2D eigenvalue weighted by Crippen LogP contribution is -1.87. The highest BCUT2D eigenvalue weighted by Gasteiger charge is 2.14. The van der Waals surface area contributed by atoms with Crippen molar-refractivity contribution >= 4 is 76.2 Å². The molecule has 2 aromatic heterocycles. The highest BCUT2D eigenvalue weighted by atomic mass is 16.3. The summed E-state index contributed by atoms with van der Waals surface area (Å²) < 4.78 is 12.4. The second-order valence-electron chi connectivity index (χ2n) is 11.3. The molecule has 0 atom stereocenters. The molecule has 2 heterocycles. The molecule has 0 saturated carbocycles. The number of hydrogen-bond acceptors (Lipinski definition) is 2. The van der Waals surface area contributed by atoms with Crippen LogP contribution in [0.15, 0.2) is 142 Å². The average Bonchev–Trinajstić information content (AvgIpc) is 3.60. The maximum atomic E-state index is 6.19. The highest BCUT2D eigenvalue weighted by molar-refractivity contribution is 6.24. The Bertz CT molecular complexity index is 2430. The van der Waals surface area contributed by atoms with Gasteiger partial charge in [-0.2, -0.15) is 0 Å². The minimum absolute atomic E-state index is 0.923. The van der Waals surface area contributed by atoms with Crippen LogP contribution >= 0.6 is 0 Å². The molecule has 10 rings (SSSR count). The van der Waals surface area contributed by atoms with Crippen LogP contribution in [0.5, 0.6) is 0 Å². The van der Waals surface area contributed by atoms with E-state index in [4.69, 9.17) is 8.83 Å². The van der Waals surface area contributed by atoms with Gasteiger partial charge in [0.05, 0.1) is 0 Å². The lowest BCUT2D eigenvalue weighted by molar-refractivity contribution is 0.668. The molecule has 0 saturated heterocycles. The van der Waals surface area contributed by atoms with Crippen molar-refractivity contribution in [2.75, 3.05) is 0 Å². The van der Waals surface area contributed by atoms with E-state index in [0.29, 0.717) is 0 Å². The summed E-state index contributed by atoms with van der Waals surface area (Å²) in [5.41, 5.74) is 8.42. The molecule has 2 nitrogen and oxygen atoms in total. The second kappa shape index (κ2) is 7.99. The molecule has 0 aliphatic rings. The summed E-state index contributed by atoms with van der Waals surface area (Å²) in [6.07, 6.45) is 0. The Morgan fingerprint density at radius 2 is 0.667 bits per heavy atom. The van der Waals surface area contributed by atoms with Crippen LogP contribution in [0.2, 0.25) is 0 Å². The van der Waals surface area contributed by atoms with Gasteiger partial charge >= 0.3 is 0 Å². The van der Waals surface area contributed by atoms with Gasteiger partial charge in [-0.3, -0.25) is 0 Å². The van der Waals surface area contributed by atoms with Crippen molar-refractivity contribution < 1.29 is 8.83 Å². The van der Waals surface area contributed by atoms with E-state index in [-0.39, 0.29) is 0 Å². The molecule has 0 spiro atoms. The van der Waals surface area contributed by atoms with E-state index in [1.54, 1.807) is 0 Å². The lowest BCUT2D eigenvalue weighted by atomic mass is 9.89. The van der Waals surface area contributed by atoms with Gasteiger partial charge in [-0.15, -0.1) is 0 Å². The highest BCUT2D eigenvalue weighted by Crippen LogP contribution is 2.41. The Hall–Kier alpha value is -5.60. The van der Waals surface area contributed by atoms with Gasteiger partial charge in [0, 0.05) is 21.5 Å². The number of hydrogen-bond donors (Lipinski definition) is 0. The Labute approximate surface area is 240 Å². The average molecular weight is 535 g/mol. The fourth-order valence-corrected chi connectivity index (χ4v) is 6.98. The molecule has 0 aliphatic carbocycles. The fourth-order valence-electron chi connectivity index (χ4n) is 6.98. The van der Waals surface area contributed by atoms with E-state index in [1.165, 1.54) is 43.4 Å². The maximum absolute atomic E-state index is 6.19. The Kier molecular flexibility index (Phi) is 4.21. The van der Waals surface area contributed by atoms with Crippen LogP contribution in [-0.2, 0) is 0 Å². The SMILES string of the molecule is c1ccc2c(c1)oc1cc(-c3cc4ccc5cc(-c6ccc7c(c6)oc6ccccc67)cc6ccc(c3)c4c56)ccc12. The molecule has 0 radical (unpaired) electrons. The number of para-hydroxylation sites is 2. The Morgan fingerprint density at radius 3 is 1.10 bits per heavy atom. The monoisotopic (exact) mass is 534 g/mol. The van der Waals surface area contributed by atoms with Crippen LogP contribution in [-0.4, -0.2) is 0 Å². The van der Waals surface area contributed by atoms with Crippen LogP contribution in [0.25, 0.3) is 98.4 Å². The molecular formula is C40H22O2. The molecular weight excluding hydrogens is 512 g/mol. The molecule has 2 heteroatoms. The smallest absolute Gasteiger partial charge is 0.136 e. The van der Waals surface area contributed by atoms with Crippen molar-refractivity contribution in [1.82, 2.24) is 0 Å². The predicted octanol–water partition coefficient (Wildman–Crippen LogP) is 11.7. The first kappa shape index (κ1) is 22.1. The van der Waals surface area contributed by atoms with Gasteiger partial charge in [-0.05, 0) is 115 Å². The maximum Gasteiger partial charge on any atom is 0.136 e. The van der Waals surface area contributed by atoms with Crippen molar-refractivity contribution in [3.8, 4) is 22.3 Å². The van der Waals surface area contributed by atoms with Crippen molar-refractivity contribution in [1.29, 1.82) is 0 Å². The van der Waals surface area contributed by atoms with Crippen molar-refractivity contribution in [3.63, 3.8) is 0 Å². The molecule has 0 fully saturated rings. The molecule has 0 aliphatic heterocycles. The van der Waals surface area contributed by atoms with Crippen LogP contribution in [0, 0.1) is 0 Å². The number of fused-ring (bicyclic) bond motifs is 6. The van der Waals surface area contributed by atoms with E-state index in [9.17, 15) is 0 Å². The zero-order chi connectivity index (χ0) is 27.4. The third kappa shape index (κ3) is 3.04. The normalized spacial score (nSPS) is 12.3.